The molecule has 1 saturated heterocycles. The predicted octanol–water partition coefficient (Wildman–Crippen LogP) is 1.42. The van der Waals surface area contributed by atoms with Crippen LogP contribution in [0, 0.1) is 6.92 Å². The van der Waals surface area contributed by atoms with Gasteiger partial charge in [0.2, 0.25) is 20.0 Å². The van der Waals surface area contributed by atoms with Crippen molar-refractivity contribution in [1.29, 1.82) is 0 Å². The number of benzene rings is 2. The summed E-state index contributed by atoms with van der Waals surface area (Å²) in [6, 6.07) is 16.5. The first-order valence-electron chi connectivity index (χ1n) is 9.57. The van der Waals surface area contributed by atoms with E-state index in [4.69, 9.17) is 0 Å². The van der Waals surface area contributed by atoms with Crippen LogP contribution >= 0.6 is 0 Å². The molecule has 1 aliphatic heterocycles. The van der Waals surface area contributed by atoms with Crippen LogP contribution in [-0.2, 0) is 26.6 Å². The van der Waals surface area contributed by atoms with E-state index in [1.807, 2.05) is 25.1 Å². The summed E-state index contributed by atoms with van der Waals surface area (Å²) in [4.78, 5) is 2.36. The molecular formula is C20H27N3O4S2. The van der Waals surface area contributed by atoms with Crippen LogP contribution in [0.4, 0.5) is 0 Å². The molecular weight excluding hydrogens is 410 g/mol. The third-order valence-corrected chi connectivity index (χ3v) is 8.31. The zero-order chi connectivity index (χ0) is 20.9. The number of rotatable bonds is 8. The van der Waals surface area contributed by atoms with Crippen LogP contribution in [0.5, 0.6) is 0 Å². The van der Waals surface area contributed by atoms with Crippen LogP contribution in [0.3, 0.4) is 0 Å². The minimum Gasteiger partial charge on any atom is -0.296 e. The molecule has 0 spiro atoms. The zero-order valence-electron chi connectivity index (χ0n) is 16.5. The van der Waals surface area contributed by atoms with Gasteiger partial charge in [0.15, 0.2) is 0 Å². The minimum atomic E-state index is -3.71. The highest BCUT2D eigenvalue weighted by Gasteiger charge is 2.27. The van der Waals surface area contributed by atoms with Crippen LogP contribution in [0.2, 0.25) is 0 Å². The summed E-state index contributed by atoms with van der Waals surface area (Å²) in [6.07, 6.45) is 0. The van der Waals surface area contributed by atoms with E-state index >= 15 is 0 Å². The topological polar surface area (TPSA) is 86.8 Å². The largest absolute Gasteiger partial charge is 0.296 e. The van der Waals surface area contributed by atoms with Gasteiger partial charge >= 0.3 is 0 Å². The average Bonchev–Trinajstić information content (AvgIpc) is 2.69. The number of nitrogens with one attached hydrogen (secondary N) is 1. The highest BCUT2D eigenvalue weighted by Crippen LogP contribution is 2.13. The Labute approximate surface area is 173 Å². The summed E-state index contributed by atoms with van der Waals surface area (Å²) < 4.78 is 53.6. The molecule has 0 atom stereocenters. The molecule has 0 amide bonds. The van der Waals surface area contributed by atoms with Gasteiger partial charge in [-0.25, -0.2) is 21.6 Å². The summed E-state index contributed by atoms with van der Waals surface area (Å²) in [7, 11) is -7.23. The summed E-state index contributed by atoms with van der Waals surface area (Å²) in [6.45, 7) is 4.66. The smallest absolute Gasteiger partial charge is 0.240 e. The molecule has 0 aliphatic carbocycles. The van der Waals surface area contributed by atoms with Crippen LogP contribution in [0.1, 0.15) is 11.1 Å². The molecule has 158 valence electrons. The summed E-state index contributed by atoms with van der Waals surface area (Å²) in [5, 5.41) is 0. The Hall–Kier alpha value is -1.78. The molecule has 0 bridgehead atoms. The first-order chi connectivity index (χ1) is 13.8. The van der Waals surface area contributed by atoms with Crippen molar-refractivity contribution < 1.29 is 16.8 Å². The number of hydrogen-bond donors (Lipinski definition) is 1. The van der Waals surface area contributed by atoms with E-state index in [-0.39, 0.29) is 17.2 Å². The molecule has 1 aliphatic rings. The van der Waals surface area contributed by atoms with Gasteiger partial charge in [0.25, 0.3) is 0 Å². The number of piperazine rings is 1. The van der Waals surface area contributed by atoms with Gasteiger partial charge in [0, 0.05) is 39.3 Å². The maximum Gasteiger partial charge on any atom is 0.240 e. The lowest BCUT2D eigenvalue weighted by Gasteiger charge is -2.34. The van der Waals surface area contributed by atoms with Gasteiger partial charge in [-0.2, -0.15) is 4.31 Å². The second kappa shape index (κ2) is 9.36. The molecule has 29 heavy (non-hydrogen) atoms. The van der Waals surface area contributed by atoms with Crippen LogP contribution < -0.4 is 4.72 Å². The fourth-order valence-corrected chi connectivity index (χ4v) is 5.74. The average molecular weight is 438 g/mol. The first kappa shape index (κ1) is 21.9. The predicted molar refractivity (Wildman–Crippen MR) is 113 cm³/mol. The number of hydrogen-bond acceptors (Lipinski definition) is 5. The van der Waals surface area contributed by atoms with Gasteiger partial charge in [-0.1, -0.05) is 48.0 Å². The molecule has 0 aromatic heterocycles. The first-order valence-corrected chi connectivity index (χ1v) is 12.7. The molecule has 9 heteroatoms. The van der Waals surface area contributed by atoms with Gasteiger partial charge < -0.3 is 0 Å². The normalized spacial score (nSPS) is 16.7. The number of aryl methyl sites for hydroxylation is 1. The Morgan fingerprint density at radius 1 is 0.862 bits per heavy atom. The highest BCUT2D eigenvalue weighted by molar-refractivity contribution is 7.90. The van der Waals surface area contributed by atoms with Crippen molar-refractivity contribution in [2.75, 3.05) is 38.5 Å². The Kier molecular flexibility index (Phi) is 7.07. The summed E-state index contributed by atoms with van der Waals surface area (Å²) in [5.74, 6) is -0.253. The minimum absolute atomic E-state index is 0.134. The van der Waals surface area contributed by atoms with E-state index in [1.54, 1.807) is 12.1 Å². The summed E-state index contributed by atoms with van der Waals surface area (Å²) >= 11 is 0. The van der Waals surface area contributed by atoms with E-state index in [2.05, 4.69) is 21.8 Å². The van der Waals surface area contributed by atoms with Crippen molar-refractivity contribution in [3.63, 3.8) is 0 Å². The quantitative estimate of drug-likeness (QED) is 0.675. The lowest BCUT2D eigenvalue weighted by Crippen LogP contribution is -2.49. The molecule has 2 aromatic rings. The molecule has 0 radical (unpaired) electrons. The van der Waals surface area contributed by atoms with E-state index in [1.165, 1.54) is 22.0 Å². The molecule has 3 rings (SSSR count). The monoisotopic (exact) mass is 437 g/mol. The molecule has 2 aromatic carbocycles. The lowest BCUT2D eigenvalue weighted by molar-refractivity contribution is 0.181. The number of nitrogens with zero attached hydrogens (tertiary/aromatic N) is 2. The fraction of sp³-hybridized carbons (Fsp3) is 0.400. The van der Waals surface area contributed by atoms with Crippen LogP contribution in [0.25, 0.3) is 0 Å². The van der Waals surface area contributed by atoms with E-state index in [9.17, 15) is 16.8 Å². The van der Waals surface area contributed by atoms with Crippen molar-refractivity contribution in [2.45, 2.75) is 18.4 Å². The van der Waals surface area contributed by atoms with E-state index in [0.717, 1.165) is 12.1 Å². The van der Waals surface area contributed by atoms with Gasteiger partial charge in [0.05, 0.1) is 10.6 Å². The number of sulfonamides is 2. The van der Waals surface area contributed by atoms with Gasteiger partial charge in [-0.15, -0.1) is 0 Å². The maximum absolute atomic E-state index is 12.6. The highest BCUT2D eigenvalue weighted by atomic mass is 32.2. The fourth-order valence-electron chi connectivity index (χ4n) is 3.24. The maximum atomic E-state index is 12.6. The molecule has 7 nitrogen and oxygen atoms in total. The van der Waals surface area contributed by atoms with Gasteiger partial charge in [-0.05, 0) is 24.6 Å². The van der Waals surface area contributed by atoms with Crippen molar-refractivity contribution in [2.24, 2.45) is 0 Å². The molecule has 0 saturated carbocycles. The lowest BCUT2D eigenvalue weighted by atomic mass is 10.2. The van der Waals surface area contributed by atoms with Crippen molar-refractivity contribution >= 4 is 20.0 Å². The van der Waals surface area contributed by atoms with Crippen LogP contribution in [0.15, 0.2) is 59.5 Å². The Bertz CT molecular complexity index is 999. The van der Waals surface area contributed by atoms with E-state index in [0.29, 0.717) is 26.2 Å². The summed E-state index contributed by atoms with van der Waals surface area (Å²) in [5.41, 5.74) is 2.16. The second-order valence-electron chi connectivity index (χ2n) is 7.19. The van der Waals surface area contributed by atoms with Crippen molar-refractivity contribution in [3.8, 4) is 0 Å². The Balaban J connectivity index is 1.48. The molecule has 1 fully saturated rings. The van der Waals surface area contributed by atoms with Crippen LogP contribution in [-0.4, -0.2) is 64.5 Å². The SMILES string of the molecule is Cc1ccc(S(=O)(=O)NCCS(=O)(=O)N2CCN(Cc3ccccc3)CC2)cc1. The standard InChI is InChI=1S/C20H27N3O4S2/c1-18-7-9-20(10-8-18)29(26,27)21-11-16-28(24,25)23-14-12-22(13-15-23)17-19-5-3-2-4-6-19/h2-10,21H,11-17H2,1H3. The van der Waals surface area contributed by atoms with Crippen molar-refractivity contribution in [1.82, 2.24) is 13.9 Å². The Morgan fingerprint density at radius 2 is 1.48 bits per heavy atom. The molecule has 0 unspecified atom stereocenters. The van der Waals surface area contributed by atoms with Gasteiger partial charge in [-0.3, -0.25) is 4.90 Å². The molecule has 1 N–H and O–H groups in total. The van der Waals surface area contributed by atoms with Crippen molar-refractivity contribution in [3.05, 3.63) is 65.7 Å². The Morgan fingerprint density at radius 3 is 2.10 bits per heavy atom. The van der Waals surface area contributed by atoms with Gasteiger partial charge in [0.1, 0.15) is 0 Å². The van der Waals surface area contributed by atoms with E-state index < -0.39 is 20.0 Å². The third-order valence-electron chi connectivity index (χ3n) is 4.96. The molecule has 1 heterocycles. The zero-order valence-corrected chi connectivity index (χ0v) is 18.1. The third kappa shape index (κ3) is 6.10. The second-order valence-corrected chi connectivity index (χ2v) is 11.0.